The first kappa shape index (κ1) is 21.5. The normalized spacial score (nSPS) is 17.3. The molecule has 0 bridgehead atoms. The first-order valence-corrected chi connectivity index (χ1v) is 13.2. The van der Waals surface area contributed by atoms with Crippen LogP contribution in [0.3, 0.4) is 0 Å². The first-order valence-electron chi connectivity index (χ1n) is 11.3. The van der Waals surface area contributed by atoms with Gasteiger partial charge in [0.15, 0.2) is 0 Å². The standard InChI is InChI=1S/C25H26ClNO4S/c26-18-10-13-20(14-11-18)32(29,30)27(25(28)17-6-2-1-3-7-17)19-12-15-24-22(16-19)21-8-4-5-9-23(21)31-24/h10-17H,1-9H2. The molecule has 0 radical (unpaired) electrons. The Kier molecular flexibility index (Phi) is 5.76. The van der Waals surface area contributed by atoms with E-state index in [2.05, 4.69) is 0 Å². The van der Waals surface area contributed by atoms with Crippen molar-refractivity contribution in [3.8, 4) is 0 Å². The van der Waals surface area contributed by atoms with Crippen LogP contribution >= 0.6 is 11.6 Å². The van der Waals surface area contributed by atoms with Crippen LogP contribution < -0.4 is 4.31 Å². The average Bonchev–Trinajstić information content (AvgIpc) is 3.18. The second-order valence-corrected chi connectivity index (χ2v) is 11.0. The van der Waals surface area contributed by atoms with Crippen LogP contribution in [-0.2, 0) is 27.7 Å². The highest BCUT2D eigenvalue weighted by Gasteiger charge is 2.36. The van der Waals surface area contributed by atoms with Crippen LogP contribution in [0.25, 0.3) is 11.0 Å². The topological polar surface area (TPSA) is 67.6 Å². The minimum absolute atomic E-state index is 0.0559. The molecule has 0 atom stereocenters. The number of halogens is 1. The number of benzene rings is 2. The highest BCUT2D eigenvalue weighted by Crippen LogP contribution is 2.37. The monoisotopic (exact) mass is 471 g/mol. The van der Waals surface area contributed by atoms with Crippen molar-refractivity contribution in [2.45, 2.75) is 62.7 Å². The van der Waals surface area contributed by atoms with E-state index in [0.717, 1.165) is 84.4 Å². The van der Waals surface area contributed by atoms with Crippen molar-refractivity contribution >= 4 is 44.2 Å². The van der Waals surface area contributed by atoms with Crippen LogP contribution in [0, 0.1) is 5.92 Å². The Bertz CT molecular complexity index is 1260. The molecule has 1 aromatic heterocycles. The van der Waals surface area contributed by atoms with E-state index in [-0.39, 0.29) is 16.7 Å². The number of carbonyl (C=O) groups excluding carboxylic acids is 1. The first-order chi connectivity index (χ1) is 15.4. The van der Waals surface area contributed by atoms with Crippen molar-refractivity contribution in [3.63, 3.8) is 0 Å². The fourth-order valence-electron chi connectivity index (χ4n) is 4.99. The zero-order chi connectivity index (χ0) is 22.3. The lowest BCUT2D eigenvalue weighted by Crippen LogP contribution is -2.41. The fourth-order valence-corrected chi connectivity index (χ4v) is 6.58. The van der Waals surface area contributed by atoms with E-state index < -0.39 is 10.0 Å². The molecule has 0 aliphatic heterocycles. The molecule has 0 saturated heterocycles. The maximum atomic E-state index is 13.7. The second-order valence-electron chi connectivity index (χ2n) is 8.79. The van der Waals surface area contributed by atoms with Gasteiger partial charge in [-0.3, -0.25) is 4.79 Å². The number of amides is 1. The molecule has 3 aromatic rings. The Labute approximate surface area is 193 Å². The minimum Gasteiger partial charge on any atom is -0.461 e. The summed E-state index contributed by atoms with van der Waals surface area (Å²) < 4.78 is 34.5. The molecule has 32 heavy (non-hydrogen) atoms. The molecule has 1 amide bonds. The fraction of sp³-hybridized carbons (Fsp3) is 0.400. The van der Waals surface area contributed by atoms with Gasteiger partial charge in [-0.15, -0.1) is 0 Å². The van der Waals surface area contributed by atoms with Crippen molar-refractivity contribution < 1.29 is 17.6 Å². The summed E-state index contributed by atoms with van der Waals surface area (Å²) in [4.78, 5) is 13.7. The number of carbonyl (C=O) groups is 1. The van der Waals surface area contributed by atoms with Gasteiger partial charge in [-0.2, -0.15) is 0 Å². The summed E-state index contributed by atoms with van der Waals surface area (Å²) in [5.74, 6) is 0.338. The number of sulfonamides is 1. The molecule has 168 valence electrons. The third-order valence-electron chi connectivity index (χ3n) is 6.68. The van der Waals surface area contributed by atoms with E-state index in [1.54, 1.807) is 12.1 Å². The van der Waals surface area contributed by atoms with Gasteiger partial charge in [0.2, 0.25) is 5.91 Å². The van der Waals surface area contributed by atoms with Crippen LogP contribution in [0.1, 0.15) is 56.3 Å². The molecule has 5 nitrogen and oxygen atoms in total. The SMILES string of the molecule is O=C(C1CCCCC1)N(c1ccc2oc3c(c2c1)CCCC3)S(=O)(=O)c1ccc(Cl)cc1. The quantitative estimate of drug-likeness (QED) is 0.450. The van der Waals surface area contributed by atoms with Gasteiger partial charge in [-0.05, 0) is 74.6 Å². The molecule has 2 aliphatic carbocycles. The van der Waals surface area contributed by atoms with Crippen molar-refractivity contribution in [3.05, 3.63) is 58.8 Å². The maximum absolute atomic E-state index is 13.7. The van der Waals surface area contributed by atoms with Crippen LogP contribution in [0.5, 0.6) is 0 Å². The van der Waals surface area contributed by atoms with E-state index in [9.17, 15) is 13.2 Å². The van der Waals surface area contributed by atoms with Crippen LogP contribution in [0.4, 0.5) is 5.69 Å². The summed E-state index contributed by atoms with van der Waals surface area (Å²) in [6.07, 6.45) is 8.39. The van der Waals surface area contributed by atoms with Crippen LogP contribution in [-0.4, -0.2) is 14.3 Å². The number of fused-ring (bicyclic) bond motifs is 3. The van der Waals surface area contributed by atoms with E-state index in [4.69, 9.17) is 16.0 Å². The van der Waals surface area contributed by atoms with Crippen molar-refractivity contribution in [2.24, 2.45) is 5.92 Å². The number of anilines is 1. The van der Waals surface area contributed by atoms with Gasteiger partial charge >= 0.3 is 0 Å². The smallest absolute Gasteiger partial charge is 0.270 e. The van der Waals surface area contributed by atoms with Crippen molar-refractivity contribution in [1.29, 1.82) is 0 Å². The highest BCUT2D eigenvalue weighted by atomic mass is 35.5. The Hall–Kier alpha value is -2.31. The maximum Gasteiger partial charge on any atom is 0.270 e. The van der Waals surface area contributed by atoms with Crippen LogP contribution in [0.2, 0.25) is 5.02 Å². The predicted molar refractivity (Wildman–Crippen MR) is 126 cm³/mol. The predicted octanol–water partition coefficient (Wildman–Crippen LogP) is 6.27. The lowest BCUT2D eigenvalue weighted by Gasteiger charge is -2.29. The molecule has 0 N–H and O–H groups in total. The largest absolute Gasteiger partial charge is 0.461 e. The molecule has 1 heterocycles. The van der Waals surface area contributed by atoms with Gasteiger partial charge in [-0.1, -0.05) is 30.9 Å². The number of furan rings is 1. The van der Waals surface area contributed by atoms with Crippen molar-refractivity contribution in [2.75, 3.05) is 4.31 Å². The minimum atomic E-state index is -4.10. The molecule has 2 aromatic carbocycles. The molecule has 0 spiro atoms. The number of aryl methyl sites for hydroxylation is 2. The third kappa shape index (κ3) is 3.84. The number of nitrogens with zero attached hydrogens (tertiary/aromatic N) is 1. The van der Waals surface area contributed by atoms with E-state index in [0.29, 0.717) is 10.7 Å². The molecule has 1 saturated carbocycles. The third-order valence-corrected chi connectivity index (χ3v) is 8.67. The molecule has 1 fully saturated rings. The van der Waals surface area contributed by atoms with Gasteiger partial charge in [0, 0.05) is 28.3 Å². The zero-order valence-electron chi connectivity index (χ0n) is 17.8. The van der Waals surface area contributed by atoms with E-state index in [1.807, 2.05) is 6.07 Å². The molecular weight excluding hydrogens is 446 g/mol. The van der Waals surface area contributed by atoms with Gasteiger partial charge < -0.3 is 4.42 Å². The zero-order valence-corrected chi connectivity index (χ0v) is 19.4. The average molecular weight is 472 g/mol. The second kappa shape index (κ2) is 8.56. The number of rotatable bonds is 4. The van der Waals surface area contributed by atoms with E-state index >= 15 is 0 Å². The van der Waals surface area contributed by atoms with E-state index in [1.165, 1.54) is 24.3 Å². The van der Waals surface area contributed by atoms with Gasteiger partial charge in [-0.25, -0.2) is 12.7 Å². The van der Waals surface area contributed by atoms with Gasteiger partial charge in [0.25, 0.3) is 10.0 Å². The van der Waals surface area contributed by atoms with Crippen molar-refractivity contribution in [1.82, 2.24) is 0 Å². The molecule has 0 unspecified atom stereocenters. The van der Waals surface area contributed by atoms with Crippen LogP contribution in [0.15, 0.2) is 51.8 Å². The summed E-state index contributed by atoms with van der Waals surface area (Å²) in [6, 6.07) is 11.3. The Morgan fingerprint density at radius 2 is 1.66 bits per heavy atom. The van der Waals surface area contributed by atoms with Gasteiger partial charge in [0.1, 0.15) is 11.3 Å². The summed E-state index contributed by atoms with van der Waals surface area (Å²) in [6.45, 7) is 0. The molecular formula is C25H26ClNO4S. The lowest BCUT2D eigenvalue weighted by molar-refractivity contribution is -0.122. The lowest BCUT2D eigenvalue weighted by atomic mass is 9.88. The molecule has 2 aliphatic rings. The molecule has 7 heteroatoms. The summed E-state index contributed by atoms with van der Waals surface area (Å²) in [5.41, 5.74) is 2.26. The Morgan fingerprint density at radius 3 is 2.41 bits per heavy atom. The number of hydrogen-bond donors (Lipinski definition) is 0. The summed E-state index contributed by atoms with van der Waals surface area (Å²) in [7, 11) is -4.10. The Morgan fingerprint density at radius 1 is 0.938 bits per heavy atom. The Balaban J connectivity index is 1.63. The molecule has 5 rings (SSSR count). The van der Waals surface area contributed by atoms with Gasteiger partial charge in [0.05, 0.1) is 10.6 Å². The highest BCUT2D eigenvalue weighted by molar-refractivity contribution is 7.93. The number of hydrogen-bond acceptors (Lipinski definition) is 4. The summed E-state index contributed by atoms with van der Waals surface area (Å²) in [5, 5.41) is 1.35. The summed E-state index contributed by atoms with van der Waals surface area (Å²) >= 11 is 5.98.